The van der Waals surface area contributed by atoms with Crippen molar-refractivity contribution in [1.82, 2.24) is 0 Å². The summed E-state index contributed by atoms with van der Waals surface area (Å²) in [6.07, 6.45) is 0.120. The Balaban J connectivity index is 3.07. The average molecular weight is 463 g/mol. The molecule has 1 aromatic rings. The van der Waals surface area contributed by atoms with Crippen LogP contribution in [0.4, 0.5) is 17.1 Å². The van der Waals surface area contributed by atoms with Gasteiger partial charge in [0.15, 0.2) is 5.41 Å². The summed E-state index contributed by atoms with van der Waals surface area (Å²) < 4.78 is 10.0. The third kappa shape index (κ3) is 7.23. The van der Waals surface area contributed by atoms with E-state index < -0.39 is 44.5 Å². The summed E-state index contributed by atoms with van der Waals surface area (Å²) in [4.78, 5) is 44.3. The van der Waals surface area contributed by atoms with Crippen molar-refractivity contribution < 1.29 is 28.9 Å². The molecule has 0 aliphatic heterocycles. The van der Waals surface area contributed by atoms with E-state index in [0.29, 0.717) is 5.71 Å². The Hall–Kier alpha value is -4.08. The number of hydrogen-bond donors (Lipinski definition) is 1. The van der Waals surface area contributed by atoms with Gasteiger partial charge in [-0.2, -0.15) is 10.4 Å². The molecule has 0 spiro atoms. The number of ether oxygens (including phenoxy) is 2. The summed E-state index contributed by atoms with van der Waals surface area (Å²) in [6, 6.07) is 5.06. The van der Waals surface area contributed by atoms with E-state index in [9.17, 15) is 35.1 Å². The molecule has 1 N–H and O–H groups in total. The predicted octanol–water partition coefficient (Wildman–Crippen LogP) is 3.34. The topological polar surface area (TPSA) is 187 Å². The maximum atomic E-state index is 12.6. The predicted molar refractivity (Wildman–Crippen MR) is 116 cm³/mol. The third-order valence-electron chi connectivity index (χ3n) is 4.85. The Morgan fingerprint density at radius 2 is 1.91 bits per heavy atom. The van der Waals surface area contributed by atoms with Crippen LogP contribution in [0.25, 0.3) is 0 Å². The number of hydrogen-bond acceptors (Lipinski definition) is 11. The number of nitrogens with one attached hydrogen (secondary N) is 1. The van der Waals surface area contributed by atoms with E-state index >= 15 is 0 Å². The zero-order valence-electron chi connectivity index (χ0n) is 18.7. The number of rotatable bonds is 12. The smallest absolute Gasteiger partial charge is 0.326 e. The molecule has 178 valence electrons. The van der Waals surface area contributed by atoms with E-state index in [2.05, 4.69) is 10.5 Å². The van der Waals surface area contributed by atoms with Gasteiger partial charge in [0, 0.05) is 24.6 Å². The van der Waals surface area contributed by atoms with Gasteiger partial charge in [0.25, 0.3) is 5.69 Å². The third-order valence-corrected chi connectivity index (χ3v) is 4.85. The standard InChI is InChI=1S/C20H25N5O8/c1-5-32-19(27)20(12-21,13(2)11-33-15(4)26)9-8-14(3)22-23-17-7-6-16(24(28)29)10-18(17)25(30)31/h6-7,10,13,23H,5,8-9,11H2,1-4H3/b22-14-/t13-,20+/m0/s1. The molecule has 0 aromatic heterocycles. The number of benzene rings is 1. The number of carbonyl (C=O) groups excluding carboxylic acids is 2. The van der Waals surface area contributed by atoms with Gasteiger partial charge < -0.3 is 9.47 Å². The first-order chi connectivity index (χ1) is 15.5. The van der Waals surface area contributed by atoms with Crippen LogP contribution in [-0.4, -0.2) is 40.7 Å². The molecule has 0 heterocycles. The molecule has 0 amide bonds. The monoisotopic (exact) mass is 463 g/mol. The fourth-order valence-electron chi connectivity index (χ4n) is 2.87. The fourth-order valence-corrected chi connectivity index (χ4v) is 2.87. The Labute approximate surface area is 189 Å². The van der Waals surface area contributed by atoms with Gasteiger partial charge in [-0.05, 0) is 32.8 Å². The highest BCUT2D eigenvalue weighted by Crippen LogP contribution is 2.35. The van der Waals surface area contributed by atoms with Crippen molar-refractivity contribution in [1.29, 1.82) is 5.26 Å². The van der Waals surface area contributed by atoms with Gasteiger partial charge in [-0.25, -0.2) is 0 Å². The molecule has 33 heavy (non-hydrogen) atoms. The van der Waals surface area contributed by atoms with Crippen LogP contribution in [0.5, 0.6) is 0 Å². The molecule has 0 saturated heterocycles. The van der Waals surface area contributed by atoms with Crippen LogP contribution >= 0.6 is 0 Å². The van der Waals surface area contributed by atoms with Crippen molar-refractivity contribution >= 4 is 34.7 Å². The molecule has 1 rings (SSSR count). The van der Waals surface area contributed by atoms with Crippen LogP contribution in [0.1, 0.15) is 40.5 Å². The lowest BCUT2D eigenvalue weighted by molar-refractivity contribution is -0.393. The molecule has 2 atom stereocenters. The van der Waals surface area contributed by atoms with Gasteiger partial charge in [0.2, 0.25) is 0 Å². The number of esters is 2. The highest BCUT2D eigenvalue weighted by molar-refractivity contribution is 5.85. The largest absolute Gasteiger partial charge is 0.466 e. The van der Waals surface area contributed by atoms with E-state index in [-0.39, 0.29) is 31.7 Å². The van der Waals surface area contributed by atoms with Crippen molar-refractivity contribution in [3.63, 3.8) is 0 Å². The first kappa shape index (κ1) is 27.0. The van der Waals surface area contributed by atoms with Gasteiger partial charge in [0.1, 0.15) is 5.69 Å². The summed E-state index contributed by atoms with van der Waals surface area (Å²) in [7, 11) is 0. The molecule has 0 aliphatic rings. The van der Waals surface area contributed by atoms with Crippen LogP contribution in [0.2, 0.25) is 0 Å². The summed E-state index contributed by atoms with van der Waals surface area (Å²) >= 11 is 0. The molecule has 0 radical (unpaired) electrons. The minimum Gasteiger partial charge on any atom is -0.466 e. The highest BCUT2D eigenvalue weighted by atomic mass is 16.6. The van der Waals surface area contributed by atoms with Crippen molar-refractivity contribution in [3.05, 3.63) is 38.4 Å². The van der Waals surface area contributed by atoms with Gasteiger partial charge in [0.05, 0.1) is 35.2 Å². The molecular formula is C20H25N5O8. The van der Waals surface area contributed by atoms with Gasteiger partial charge in [-0.15, -0.1) is 0 Å². The lowest BCUT2D eigenvalue weighted by Crippen LogP contribution is -2.40. The summed E-state index contributed by atoms with van der Waals surface area (Å²) in [5.41, 5.74) is 0.239. The highest BCUT2D eigenvalue weighted by Gasteiger charge is 2.46. The normalized spacial score (nSPS) is 13.7. The van der Waals surface area contributed by atoms with E-state index in [1.807, 2.05) is 6.07 Å². The number of nitro groups is 2. The molecule has 0 saturated carbocycles. The second-order valence-electron chi connectivity index (χ2n) is 7.18. The molecule has 13 heteroatoms. The van der Waals surface area contributed by atoms with Gasteiger partial charge in [-0.3, -0.25) is 35.2 Å². The summed E-state index contributed by atoms with van der Waals surface area (Å²) in [6.45, 7) is 5.88. The first-order valence-electron chi connectivity index (χ1n) is 9.92. The second kappa shape index (κ2) is 12.1. The van der Waals surface area contributed by atoms with E-state index in [4.69, 9.17) is 9.47 Å². The number of nitro benzene ring substituents is 2. The zero-order chi connectivity index (χ0) is 25.2. The minimum absolute atomic E-state index is 0.00979. The Morgan fingerprint density at radius 3 is 2.42 bits per heavy atom. The number of non-ortho nitro benzene ring substituents is 1. The summed E-state index contributed by atoms with van der Waals surface area (Å²) in [5.74, 6) is -1.98. The lowest BCUT2D eigenvalue weighted by atomic mass is 9.74. The van der Waals surface area contributed by atoms with Gasteiger partial charge >= 0.3 is 17.6 Å². The van der Waals surface area contributed by atoms with Crippen LogP contribution in [0.15, 0.2) is 23.3 Å². The van der Waals surface area contributed by atoms with Crippen molar-refractivity contribution in [2.45, 2.75) is 40.5 Å². The van der Waals surface area contributed by atoms with Crippen LogP contribution in [0.3, 0.4) is 0 Å². The Morgan fingerprint density at radius 1 is 1.24 bits per heavy atom. The van der Waals surface area contributed by atoms with Crippen molar-refractivity contribution in [3.8, 4) is 6.07 Å². The molecule has 0 fully saturated rings. The van der Waals surface area contributed by atoms with Gasteiger partial charge in [-0.1, -0.05) is 6.92 Å². The molecule has 0 unspecified atom stereocenters. The number of nitrogens with zero attached hydrogens (tertiary/aromatic N) is 4. The Bertz CT molecular complexity index is 987. The minimum atomic E-state index is -1.61. The van der Waals surface area contributed by atoms with Crippen LogP contribution < -0.4 is 5.43 Å². The van der Waals surface area contributed by atoms with E-state index in [0.717, 1.165) is 18.2 Å². The Kier molecular flexibility index (Phi) is 9.87. The number of carbonyl (C=O) groups is 2. The molecule has 0 bridgehead atoms. The van der Waals surface area contributed by atoms with Crippen molar-refractivity contribution in [2.75, 3.05) is 18.6 Å². The fraction of sp³-hybridized carbons (Fsp3) is 0.500. The van der Waals surface area contributed by atoms with E-state index in [1.165, 1.54) is 6.92 Å². The molecule has 0 aliphatic carbocycles. The number of hydrazone groups is 1. The number of nitriles is 1. The first-order valence-corrected chi connectivity index (χ1v) is 9.92. The summed E-state index contributed by atoms with van der Waals surface area (Å²) in [5, 5.41) is 35.9. The second-order valence-corrected chi connectivity index (χ2v) is 7.18. The zero-order valence-corrected chi connectivity index (χ0v) is 18.7. The lowest BCUT2D eigenvalue weighted by Gasteiger charge is -2.30. The average Bonchev–Trinajstić information content (AvgIpc) is 2.76. The van der Waals surface area contributed by atoms with Crippen LogP contribution in [-0.2, 0) is 19.1 Å². The van der Waals surface area contributed by atoms with Crippen molar-refractivity contribution in [2.24, 2.45) is 16.4 Å². The van der Waals surface area contributed by atoms with E-state index in [1.54, 1.807) is 20.8 Å². The SMILES string of the molecule is CCOC(=O)[C@@](C#N)(CC/C(C)=N\Nc1ccc([N+](=O)[O-])cc1[N+](=O)[O-])[C@@H](C)COC(C)=O. The van der Waals surface area contributed by atoms with Crippen LogP contribution in [0, 0.1) is 42.9 Å². The molecular weight excluding hydrogens is 438 g/mol. The maximum absolute atomic E-state index is 12.6. The quantitative estimate of drug-likeness (QED) is 0.208. The molecule has 1 aromatic carbocycles. The molecule has 13 nitrogen and oxygen atoms in total. The number of anilines is 1. The maximum Gasteiger partial charge on any atom is 0.326 e.